The van der Waals surface area contributed by atoms with Crippen LogP contribution in [0.25, 0.3) is 5.69 Å². The molecule has 170 valence electrons. The van der Waals surface area contributed by atoms with Gasteiger partial charge in [-0.15, -0.1) is 0 Å². The van der Waals surface area contributed by atoms with Crippen LogP contribution in [0, 0.1) is 13.8 Å². The maximum atomic E-state index is 5.16. The summed E-state index contributed by atoms with van der Waals surface area (Å²) in [6.45, 7) is 8.73. The van der Waals surface area contributed by atoms with E-state index >= 15 is 0 Å². The summed E-state index contributed by atoms with van der Waals surface area (Å²) in [6.07, 6.45) is 1.87. The number of para-hydroxylation sites is 1. The lowest BCUT2D eigenvalue weighted by atomic mass is 10.1. The Kier molecular flexibility index (Phi) is 6.84. The number of nitrogens with one attached hydrogen (secondary N) is 2. The second-order valence-corrected chi connectivity index (χ2v) is 8.10. The molecule has 0 spiro atoms. The smallest absolute Gasteiger partial charge is 0.191 e. The number of ether oxygens (including phenoxy) is 1. The van der Waals surface area contributed by atoms with E-state index in [-0.39, 0.29) is 6.04 Å². The van der Waals surface area contributed by atoms with Crippen molar-refractivity contribution in [2.24, 2.45) is 4.99 Å². The summed E-state index contributed by atoms with van der Waals surface area (Å²) in [5, 5.41) is 16.2. The minimum Gasteiger partial charge on any atom is -0.377 e. The lowest BCUT2D eigenvalue weighted by Crippen LogP contribution is -2.47. The normalized spacial score (nSPS) is 16.1. The zero-order valence-electron chi connectivity index (χ0n) is 19.3. The summed E-state index contributed by atoms with van der Waals surface area (Å²) in [6, 6.07) is 10.6. The van der Waals surface area contributed by atoms with E-state index in [1.165, 1.54) is 0 Å². The van der Waals surface area contributed by atoms with Crippen LogP contribution in [-0.2, 0) is 30.9 Å². The van der Waals surface area contributed by atoms with Gasteiger partial charge in [0.2, 0.25) is 0 Å². The molecule has 0 fully saturated rings. The van der Waals surface area contributed by atoms with Crippen LogP contribution in [0.5, 0.6) is 0 Å². The molecular formula is C23H32N8O. The Morgan fingerprint density at radius 1 is 1.25 bits per heavy atom. The van der Waals surface area contributed by atoms with Crippen molar-refractivity contribution in [1.29, 1.82) is 0 Å². The second-order valence-electron chi connectivity index (χ2n) is 8.10. The molecule has 1 aliphatic rings. The van der Waals surface area contributed by atoms with Gasteiger partial charge in [0.25, 0.3) is 0 Å². The van der Waals surface area contributed by atoms with Gasteiger partial charge < -0.3 is 15.4 Å². The molecule has 0 saturated heterocycles. The van der Waals surface area contributed by atoms with Crippen molar-refractivity contribution in [3.05, 3.63) is 58.9 Å². The fourth-order valence-corrected chi connectivity index (χ4v) is 4.07. The summed E-state index contributed by atoms with van der Waals surface area (Å²) in [5.74, 6) is 2.57. The topological polar surface area (TPSA) is 94.2 Å². The Morgan fingerprint density at radius 3 is 2.84 bits per heavy atom. The van der Waals surface area contributed by atoms with Gasteiger partial charge in [-0.05, 0) is 44.9 Å². The molecule has 2 aromatic heterocycles. The zero-order valence-corrected chi connectivity index (χ0v) is 19.3. The number of aliphatic imine (C=N–C) groups is 1. The molecule has 3 aromatic rings. The van der Waals surface area contributed by atoms with Gasteiger partial charge in [-0.25, -0.2) is 19.3 Å². The van der Waals surface area contributed by atoms with Crippen LogP contribution in [0.2, 0.25) is 0 Å². The van der Waals surface area contributed by atoms with Gasteiger partial charge in [0.1, 0.15) is 12.4 Å². The highest BCUT2D eigenvalue weighted by molar-refractivity contribution is 5.80. The number of guanidine groups is 1. The van der Waals surface area contributed by atoms with Crippen LogP contribution >= 0.6 is 0 Å². The molecule has 0 bridgehead atoms. The summed E-state index contributed by atoms with van der Waals surface area (Å²) in [7, 11) is 1.66. The quantitative estimate of drug-likeness (QED) is 0.436. The predicted octanol–water partition coefficient (Wildman–Crippen LogP) is 2.30. The van der Waals surface area contributed by atoms with Crippen molar-refractivity contribution in [2.75, 3.05) is 13.7 Å². The lowest BCUT2D eigenvalue weighted by Gasteiger charge is -2.25. The average Bonchev–Trinajstić information content (AvgIpc) is 3.33. The first-order valence-electron chi connectivity index (χ1n) is 11.1. The van der Waals surface area contributed by atoms with Crippen LogP contribution in [0.1, 0.15) is 41.9 Å². The molecule has 1 aromatic carbocycles. The molecule has 1 unspecified atom stereocenters. The SMILES string of the molecule is CCNC(=NCc1ccccc1-n1nc(C)cc1C)NC1CCc2nc(COC)nn2C1. The van der Waals surface area contributed by atoms with E-state index in [1.54, 1.807) is 7.11 Å². The predicted molar refractivity (Wildman–Crippen MR) is 124 cm³/mol. The van der Waals surface area contributed by atoms with E-state index < -0.39 is 0 Å². The maximum Gasteiger partial charge on any atom is 0.191 e. The van der Waals surface area contributed by atoms with Crippen molar-refractivity contribution in [3.63, 3.8) is 0 Å². The number of rotatable bonds is 7. The molecule has 0 radical (unpaired) electrons. The number of hydrogen-bond acceptors (Lipinski definition) is 5. The molecule has 9 nitrogen and oxygen atoms in total. The van der Waals surface area contributed by atoms with Crippen LogP contribution in [0.4, 0.5) is 0 Å². The molecule has 9 heteroatoms. The average molecular weight is 437 g/mol. The number of methoxy groups -OCH3 is 1. The van der Waals surface area contributed by atoms with Crippen molar-refractivity contribution in [3.8, 4) is 5.69 Å². The highest BCUT2D eigenvalue weighted by atomic mass is 16.5. The summed E-state index contributed by atoms with van der Waals surface area (Å²) < 4.78 is 9.14. The zero-order chi connectivity index (χ0) is 22.5. The summed E-state index contributed by atoms with van der Waals surface area (Å²) in [5.41, 5.74) is 4.31. The van der Waals surface area contributed by atoms with Crippen molar-refractivity contribution in [1.82, 2.24) is 35.2 Å². The first-order valence-corrected chi connectivity index (χ1v) is 11.1. The summed E-state index contributed by atoms with van der Waals surface area (Å²) in [4.78, 5) is 9.44. The Bertz CT molecular complexity index is 1080. The van der Waals surface area contributed by atoms with Crippen molar-refractivity contribution >= 4 is 5.96 Å². The van der Waals surface area contributed by atoms with E-state index in [0.29, 0.717) is 13.2 Å². The van der Waals surface area contributed by atoms with Gasteiger partial charge in [-0.2, -0.15) is 10.2 Å². The van der Waals surface area contributed by atoms with Gasteiger partial charge in [-0.1, -0.05) is 18.2 Å². The van der Waals surface area contributed by atoms with E-state index in [2.05, 4.69) is 57.9 Å². The van der Waals surface area contributed by atoms with Gasteiger partial charge >= 0.3 is 0 Å². The van der Waals surface area contributed by atoms with Gasteiger partial charge in [0.15, 0.2) is 11.8 Å². The Labute approximate surface area is 188 Å². The van der Waals surface area contributed by atoms with E-state index in [9.17, 15) is 0 Å². The van der Waals surface area contributed by atoms with Gasteiger partial charge in [0.05, 0.1) is 24.5 Å². The Morgan fingerprint density at radius 2 is 2.09 bits per heavy atom. The first-order chi connectivity index (χ1) is 15.6. The van der Waals surface area contributed by atoms with Gasteiger partial charge in [-0.3, -0.25) is 0 Å². The molecule has 3 heterocycles. The maximum absolute atomic E-state index is 5.16. The fraction of sp³-hybridized carbons (Fsp3) is 0.478. The van der Waals surface area contributed by atoms with Crippen LogP contribution in [0.15, 0.2) is 35.3 Å². The van der Waals surface area contributed by atoms with E-state index in [0.717, 1.165) is 66.2 Å². The molecule has 32 heavy (non-hydrogen) atoms. The number of nitrogens with zero attached hydrogens (tertiary/aromatic N) is 6. The Hall–Kier alpha value is -3.20. The number of benzene rings is 1. The molecular weight excluding hydrogens is 404 g/mol. The van der Waals surface area contributed by atoms with Crippen LogP contribution in [0.3, 0.4) is 0 Å². The molecule has 0 amide bonds. The summed E-state index contributed by atoms with van der Waals surface area (Å²) >= 11 is 0. The first kappa shape index (κ1) is 22.0. The van der Waals surface area contributed by atoms with Crippen molar-refractivity contribution in [2.45, 2.75) is 59.4 Å². The highest BCUT2D eigenvalue weighted by Gasteiger charge is 2.22. The standard InChI is InChI=1S/C23H32N8O/c1-5-24-23(26-19-10-11-22-27-21(15-32-4)29-30(22)14-19)25-13-18-8-6-7-9-20(18)31-17(3)12-16(2)28-31/h6-9,12,19H,5,10-11,13-15H2,1-4H3,(H2,24,25,26). The van der Waals surface area contributed by atoms with E-state index in [4.69, 9.17) is 9.73 Å². The molecule has 0 aliphatic carbocycles. The number of aryl methyl sites for hydroxylation is 3. The van der Waals surface area contributed by atoms with Crippen molar-refractivity contribution < 1.29 is 4.74 Å². The lowest BCUT2D eigenvalue weighted by molar-refractivity contribution is 0.177. The van der Waals surface area contributed by atoms with Crippen LogP contribution in [-0.4, -0.2) is 50.2 Å². The number of hydrogen-bond donors (Lipinski definition) is 2. The highest BCUT2D eigenvalue weighted by Crippen LogP contribution is 2.18. The van der Waals surface area contributed by atoms with Gasteiger partial charge in [0, 0.05) is 31.8 Å². The molecule has 2 N–H and O–H groups in total. The third-order valence-corrected chi connectivity index (χ3v) is 5.50. The molecule has 1 aliphatic heterocycles. The third-order valence-electron chi connectivity index (χ3n) is 5.50. The fourth-order valence-electron chi connectivity index (χ4n) is 4.07. The minimum atomic E-state index is 0.239. The third kappa shape index (κ3) is 4.99. The minimum absolute atomic E-state index is 0.239. The van der Waals surface area contributed by atoms with E-state index in [1.807, 2.05) is 28.4 Å². The number of aromatic nitrogens is 5. The second kappa shape index (κ2) is 9.95. The number of fused-ring (bicyclic) bond motifs is 1. The molecule has 1 atom stereocenters. The largest absolute Gasteiger partial charge is 0.377 e. The van der Waals surface area contributed by atoms with Crippen LogP contribution < -0.4 is 10.6 Å². The Balaban J connectivity index is 1.48. The molecule has 4 rings (SSSR count). The monoisotopic (exact) mass is 436 g/mol. The molecule has 0 saturated carbocycles.